The van der Waals surface area contributed by atoms with E-state index in [-0.39, 0.29) is 0 Å². The lowest BCUT2D eigenvalue weighted by molar-refractivity contribution is -0.0937. The minimum atomic E-state index is 0.320. The van der Waals surface area contributed by atoms with Crippen molar-refractivity contribution >= 4 is 0 Å². The molecule has 19 heavy (non-hydrogen) atoms. The number of nitrogens with zero attached hydrogens (tertiary/aromatic N) is 1. The van der Waals surface area contributed by atoms with Gasteiger partial charge >= 0.3 is 0 Å². The zero-order valence-corrected chi connectivity index (χ0v) is 11.8. The van der Waals surface area contributed by atoms with Crippen LogP contribution in [0, 0.1) is 0 Å². The molecule has 0 radical (unpaired) electrons. The molecule has 0 unspecified atom stereocenters. The van der Waals surface area contributed by atoms with E-state index in [1.165, 1.54) is 11.1 Å². The maximum atomic E-state index is 5.73. The van der Waals surface area contributed by atoms with E-state index < -0.39 is 0 Å². The van der Waals surface area contributed by atoms with Gasteiger partial charge in [-0.15, -0.1) is 0 Å². The van der Waals surface area contributed by atoms with Crippen LogP contribution >= 0.6 is 0 Å². The third-order valence-electron chi connectivity index (χ3n) is 4.19. The second kappa shape index (κ2) is 5.02. The molecule has 2 atom stereocenters. The van der Waals surface area contributed by atoms with E-state index in [9.17, 15) is 0 Å². The number of ether oxygens (including phenoxy) is 3. The molecule has 104 valence electrons. The Hall–Kier alpha value is -1.26. The largest absolute Gasteiger partial charge is 0.493 e. The molecule has 0 saturated carbocycles. The fraction of sp³-hybridized carbons (Fsp3) is 0.600. The molecule has 3 rings (SSSR count). The first-order valence-corrected chi connectivity index (χ1v) is 6.83. The Kier molecular flexibility index (Phi) is 3.37. The van der Waals surface area contributed by atoms with Crippen LogP contribution in [-0.2, 0) is 11.2 Å². The minimum absolute atomic E-state index is 0.320. The normalized spacial score (nSPS) is 26.5. The van der Waals surface area contributed by atoms with Crippen molar-refractivity contribution in [2.75, 3.05) is 27.5 Å². The van der Waals surface area contributed by atoms with E-state index in [0.29, 0.717) is 12.1 Å². The molecule has 0 aromatic heterocycles. The van der Waals surface area contributed by atoms with E-state index >= 15 is 0 Å². The Balaban J connectivity index is 2.01. The smallest absolute Gasteiger partial charge is 0.161 e. The van der Waals surface area contributed by atoms with Gasteiger partial charge in [-0.05, 0) is 43.0 Å². The van der Waals surface area contributed by atoms with Crippen molar-refractivity contribution in [3.63, 3.8) is 0 Å². The van der Waals surface area contributed by atoms with Crippen molar-refractivity contribution in [3.8, 4) is 11.5 Å². The van der Waals surface area contributed by atoms with E-state index in [1.807, 2.05) is 0 Å². The van der Waals surface area contributed by atoms with Crippen LogP contribution < -0.4 is 9.47 Å². The number of fused-ring (bicyclic) bond motifs is 3. The van der Waals surface area contributed by atoms with Crippen molar-refractivity contribution < 1.29 is 14.2 Å². The second-order valence-electron chi connectivity index (χ2n) is 5.33. The van der Waals surface area contributed by atoms with Crippen LogP contribution in [0.1, 0.15) is 30.5 Å². The lowest BCUT2D eigenvalue weighted by Gasteiger charge is -2.42. The summed E-state index contributed by atoms with van der Waals surface area (Å²) in [5.74, 6) is 1.65. The number of rotatable bonds is 2. The molecular formula is C15H21NO3. The molecule has 1 fully saturated rings. The van der Waals surface area contributed by atoms with Crippen molar-refractivity contribution in [2.45, 2.75) is 31.9 Å². The molecule has 0 bridgehead atoms. The maximum absolute atomic E-state index is 5.73. The van der Waals surface area contributed by atoms with Crippen molar-refractivity contribution in [3.05, 3.63) is 23.3 Å². The van der Waals surface area contributed by atoms with Crippen molar-refractivity contribution in [2.24, 2.45) is 0 Å². The molecule has 1 aromatic rings. The summed E-state index contributed by atoms with van der Waals surface area (Å²) in [6.45, 7) is 3.94. The van der Waals surface area contributed by atoms with Gasteiger partial charge in [0.2, 0.25) is 0 Å². The third kappa shape index (κ3) is 2.19. The molecule has 4 nitrogen and oxygen atoms in total. The van der Waals surface area contributed by atoms with Gasteiger partial charge in [-0.25, -0.2) is 0 Å². The van der Waals surface area contributed by atoms with Gasteiger partial charge in [0.1, 0.15) is 0 Å². The van der Waals surface area contributed by atoms with E-state index in [2.05, 4.69) is 24.0 Å². The third-order valence-corrected chi connectivity index (χ3v) is 4.19. The molecule has 2 aliphatic rings. The van der Waals surface area contributed by atoms with Crippen LogP contribution in [0.25, 0.3) is 0 Å². The highest BCUT2D eigenvalue weighted by molar-refractivity contribution is 5.49. The van der Waals surface area contributed by atoms with Gasteiger partial charge in [-0.3, -0.25) is 4.90 Å². The van der Waals surface area contributed by atoms with Crippen LogP contribution in [0.4, 0.5) is 0 Å². The molecule has 0 aliphatic carbocycles. The summed E-state index contributed by atoms with van der Waals surface area (Å²) in [7, 11) is 3.38. The first-order chi connectivity index (χ1) is 9.22. The summed E-state index contributed by atoms with van der Waals surface area (Å²) >= 11 is 0. The number of hydrogen-bond acceptors (Lipinski definition) is 4. The summed E-state index contributed by atoms with van der Waals surface area (Å²) < 4.78 is 16.6. The quantitative estimate of drug-likeness (QED) is 0.819. The Bertz CT molecular complexity index is 475. The first-order valence-electron chi connectivity index (χ1n) is 6.83. The van der Waals surface area contributed by atoms with Gasteiger partial charge in [-0.2, -0.15) is 0 Å². The zero-order chi connectivity index (χ0) is 13.4. The fourth-order valence-corrected chi connectivity index (χ4v) is 3.12. The maximum Gasteiger partial charge on any atom is 0.161 e. The molecule has 2 heterocycles. The number of methoxy groups -OCH3 is 2. The summed E-state index contributed by atoms with van der Waals surface area (Å²) in [5, 5.41) is 0. The van der Waals surface area contributed by atoms with Crippen molar-refractivity contribution in [1.29, 1.82) is 0 Å². The average Bonchev–Trinajstić information content (AvgIpc) is 2.45. The number of benzene rings is 1. The van der Waals surface area contributed by atoms with Gasteiger partial charge in [0.15, 0.2) is 11.5 Å². The summed E-state index contributed by atoms with van der Waals surface area (Å²) in [5.41, 5.74) is 2.76. The van der Waals surface area contributed by atoms with Crippen LogP contribution in [0.2, 0.25) is 0 Å². The predicted molar refractivity (Wildman–Crippen MR) is 72.7 cm³/mol. The molecule has 4 heteroatoms. The highest BCUT2D eigenvalue weighted by Crippen LogP contribution is 2.41. The fourth-order valence-electron chi connectivity index (χ4n) is 3.12. The molecular weight excluding hydrogens is 242 g/mol. The molecule has 1 aromatic carbocycles. The highest BCUT2D eigenvalue weighted by Gasteiger charge is 2.33. The molecule has 0 N–H and O–H groups in total. The standard InChI is InChI=1S/C15H21NO3/c1-10-6-13-12-8-15(18-3)14(17-2)7-11(12)4-5-16(13)9-19-10/h7-8,10,13H,4-6,9H2,1-3H3/t10-,13-/m1/s1. The van der Waals surface area contributed by atoms with E-state index in [4.69, 9.17) is 14.2 Å². The average molecular weight is 263 g/mol. The lowest BCUT2D eigenvalue weighted by Crippen LogP contribution is -2.43. The topological polar surface area (TPSA) is 30.9 Å². The van der Waals surface area contributed by atoms with Gasteiger partial charge in [-0.1, -0.05) is 0 Å². The zero-order valence-electron chi connectivity index (χ0n) is 11.8. The van der Waals surface area contributed by atoms with E-state index in [0.717, 1.165) is 37.6 Å². The predicted octanol–water partition coefficient (Wildman–Crippen LogP) is 2.37. The van der Waals surface area contributed by atoms with Gasteiger partial charge in [0, 0.05) is 12.6 Å². The Labute approximate surface area is 114 Å². The number of hydrogen-bond donors (Lipinski definition) is 0. The molecule has 0 spiro atoms. The first kappa shape index (κ1) is 12.8. The monoisotopic (exact) mass is 263 g/mol. The van der Waals surface area contributed by atoms with Crippen LogP contribution in [-0.4, -0.2) is 38.5 Å². The van der Waals surface area contributed by atoms with Crippen LogP contribution in [0.5, 0.6) is 11.5 Å². The highest BCUT2D eigenvalue weighted by atomic mass is 16.5. The summed E-state index contributed by atoms with van der Waals surface area (Å²) in [6.07, 6.45) is 2.41. The van der Waals surface area contributed by atoms with Crippen LogP contribution in [0.15, 0.2) is 12.1 Å². The Morgan fingerprint density at radius 2 is 1.95 bits per heavy atom. The SMILES string of the molecule is COc1cc2c(cc1OC)[C@H]1C[C@@H](C)OCN1CC2. The van der Waals surface area contributed by atoms with Gasteiger partial charge in [0.05, 0.1) is 27.1 Å². The Morgan fingerprint density at radius 3 is 2.68 bits per heavy atom. The molecule has 0 amide bonds. The Morgan fingerprint density at radius 1 is 1.21 bits per heavy atom. The van der Waals surface area contributed by atoms with Gasteiger partial charge in [0.25, 0.3) is 0 Å². The van der Waals surface area contributed by atoms with E-state index in [1.54, 1.807) is 14.2 Å². The lowest BCUT2D eigenvalue weighted by atomic mass is 9.88. The van der Waals surface area contributed by atoms with Crippen molar-refractivity contribution in [1.82, 2.24) is 4.90 Å². The minimum Gasteiger partial charge on any atom is -0.493 e. The van der Waals surface area contributed by atoms with Crippen LogP contribution in [0.3, 0.4) is 0 Å². The summed E-state index contributed by atoms with van der Waals surface area (Å²) in [4.78, 5) is 2.41. The second-order valence-corrected chi connectivity index (χ2v) is 5.33. The van der Waals surface area contributed by atoms with Gasteiger partial charge < -0.3 is 14.2 Å². The molecule has 1 saturated heterocycles. The summed E-state index contributed by atoms with van der Waals surface area (Å²) in [6, 6.07) is 4.72. The molecule has 2 aliphatic heterocycles.